The molecule has 0 radical (unpaired) electrons. The molecule has 0 atom stereocenters. The Morgan fingerprint density at radius 3 is 2.84 bits per heavy atom. The van der Waals surface area contributed by atoms with E-state index in [-0.39, 0.29) is 5.75 Å². The Bertz CT molecular complexity index is 1010. The number of ether oxygens (including phenoxy) is 1. The van der Waals surface area contributed by atoms with E-state index in [1.54, 1.807) is 12.1 Å². The second-order valence-electron chi connectivity index (χ2n) is 6.33. The molecule has 0 spiro atoms. The van der Waals surface area contributed by atoms with E-state index in [2.05, 4.69) is 0 Å². The molecule has 5 heteroatoms. The van der Waals surface area contributed by atoms with Crippen LogP contribution in [0.2, 0.25) is 0 Å². The zero-order chi connectivity index (χ0) is 17.6. The van der Waals surface area contributed by atoms with Crippen LogP contribution in [-0.4, -0.2) is 22.9 Å². The van der Waals surface area contributed by atoms with Gasteiger partial charge in [0.1, 0.15) is 5.75 Å². The van der Waals surface area contributed by atoms with E-state index in [0.717, 1.165) is 50.8 Å². The Kier molecular flexibility index (Phi) is 3.66. The van der Waals surface area contributed by atoms with Crippen molar-refractivity contribution in [2.24, 2.45) is 0 Å². The number of fused-ring (bicyclic) bond motifs is 3. The quantitative estimate of drug-likeness (QED) is 0.494. The lowest BCUT2D eigenvalue weighted by Crippen LogP contribution is -2.14. The summed E-state index contributed by atoms with van der Waals surface area (Å²) in [5.41, 5.74) is 13.0. The van der Waals surface area contributed by atoms with Gasteiger partial charge in [-0.3, -0.25) is 0 Å². The summed E-state index contributed by atoms with van der Waals surface area (Å²) in [6.45, 7) is 3.00. The molecule has 1 aliphatic heterocycles. The fourth-order valence-electron chi connectivity index (χ4n) is 3.49. The highest BCUT2D eigenvalue weighted by molar-refractivity contribution is 6.05. The predicted molar refractivity (Wildman–Crippen MR) is 99.2 cm³/mol. The fraction of sp³-hybridized carbons (Fsp3) is 0.200. The number of anilines is 1. The lowest BCUT2D eigenvalue weighted by atomic mass is 9.91. The Morgan fingerprint density at radius 1 is 1.24 bits per heavy atom. The summed E-state index contributed by atoms with van der Waals surface area (Å²) in [7, 11) is 0. The smallest absolute Gasteiger partial charge is 0.118 e. The summed E-state index contributed by atoms with van der Waals surface area (Å²) >= 11 is 0. The van der Waals surface area contributed by atoms with Gasteiger partial charge in [0, 0.05) is 34.0 Å². The van der Waals surface area contributed by atoms with Crippen LogP contribution in [0.4, 0.5) is 5.69 Å². The Balaban J connectivity index is 2.08. The maximum absolute atomic E-state index is 9.82. The number of pyridine rings is 1. The molecule has 0 fully saturated rings. The van der Waals surface area contributed by atoms with E-state index >= 15 is 0 Å². The Labute approximate surface area is 145 Å². The molecule has 0 unspecified atom stereocenters. The summed E-state index contributed by atoms with van der Waals surface area (Å²) in [4.78, 5) is 4.86. The molecule has 0 saturated carbocycles. The van der Waals surface area contributed by atoms with Gasteiger partial charge in [0.2, 0.25) is 0 Å². The number of nitrogens with one attached hydrogen (secondary N) is 1. The maximum atomic E-state index is 9.82. The van der Waals surface area contributed by atoms with Crippen LogP contribution < -0.4 is 5.73 Å². The second kappa shape index (κ2) is 5.86. The first kappa shape index (κ1) is 15.6. The molecule has 2 aromatic carbocycles. The van der Waals surface area contributed by atoms with Crippen LogP contribution in [0.5, 0.6) is 5.75 Å². The first-order valence-corrected chi connectivity index (χ1v) is 8.22. The van der Waals surface area contributed by atoms with Crippen molar-refractivity contribution in [3.8, 4) is 17.0 Å². The largest absolute Gasteiger partial charge is 0.508 e. The van der Waals surface area contributed by atoms with Gasteiger partial charge in [-0.2, -0.15) is 0 Å². The van der Waals surface area contributed by atoms with E-state index in [1.165, 1.54) is 6.21 Å². The first-order chi connectivity index (χ1) is 12.1. The van der Waals surface area contributed by atoms with Crippen LogP contribution in [0.25, 0.3) is 22.2 Å². The van der Waals surface area contributed by atoms with Gasteiger partial charge in [-0.25, -0.2) is 4.98 Å². The number of phenols is 1. The minimum atomic E-state index is 0.272. The number of aryl methyl sites for hydroxylation is 1. The van der Waals surface area contributed by atoms with Crippen LogP contribution in [-0.2, 0) is 17.8 Å². The van der Waals surface area contributed by atoms with E-state index in [4.69, 9.17) is 20.9 Å². The average molecular weight is 333 g/mol. The predicted octanol–water partition coefficient (Wildman–Crippen LogP) is 3.57. The SMILES string of the molecule is Cc1cc(-c2nc3ccc(N)c(C=N)c3c3c2COCC3)ccc1O. The first-order valence-electron chi connectivity index (χ1n) is 8.22. The molecule has 0 saturated heterocycles. The van der Waals surface area contributed by atoms with Crippen molar-refractivity contribution in [2.45, 2.75) is 20.0 Å². The average Bonchev–Trinajstić information content (AvgIpc) is 2.63. The number of phenolic OH excluding ortho intramolecular Hbond substituents is 1. The Morgan fingerprint density at radius 2 is 2.08 bits per heavy atom. The third kappa shape index (κ3) is 2.44. The standard InChI is InChI=1S/C20H19N3O2/c1-11-8-12(2-5-18(11)24)20-15-10-25-7-6-13(15)19-14(9-21)16(22)3-4-17(19)23-20/h2-5,8-9,21,24H,6-7,10,22H2,1H3. The van der Waals surface area contributed by atoms with E-state index in [1.807, 2.05) is 25.1 Å². The molecule has 3 aromatic rings. The molecule has 126 valence electrons. The van der Waals surface area contributed by atoms with Gasteiger partial charge in [-0.1, -0.05) is 0 Å². The third-order valence-corrected chi connectivity index (χ3v) is 4.80. The summed E-state index contributed by atoms with van der Waals surface area (Å²) in [5.74, 6) is 0.272. The molecule has 0 bridgehead atoms. The molecule has 25 heavy (non-hydrogen) atoms. The number of aromatic nitrogens is 1. The highest BCUT2D eigenvalue weighted by Gasteiger charge is 2.22. The van der Waals surface area contributed by atoms with E-state index in [0.29, 0.717) is 18.9 Å². The van der Waals surface area contributed by atoms with Crippen LogP contribution in [0.1, 0.15) is 22.3 Å². The van der Waals surface area contributed by atoms with Crippen molar-refractivity contribution < 1.29 is 9.84 Å². The number of aromatic hydroxyl groups is 1. The molecular weight excluding hydrogens is 314 g/mol. The van der Waals surface area contributed by atoms with Crippen molar-refractivity contribution in [1.82, 2.24) is 4.98 Å². The number of rotatable bonds is 2. The van der Waals surface area contributed by atoms with Gasteiger partial charge in [-0.15, -0.1) is 0 Å². The van der Waals surface area contributed by atoms with Crippen LogP contribution in [0, 0.1) is 12.3 Å². The third-order valence-electron chi connectivity index (χ3n) is 4.80. The van der Waals surface area contributed by atoms with Crippen molar-refractivity contribution in [3.63, 3.8) is 0 Å². The van der Waals surface area contributed by atoms with Gasteiger partial charge in [0.15, 0.2) is 0 Å². The highest BCUT2D eigenvalue weighted by atomic mass is 16.5. The molecule has 5 nitrogen and oxygen atoms in total. The second-order valence-corrected chi connectivity index (χ2v) is 6.33. The normalized spacial score (nSPS) is 13.6. The minimum absolute atomic E-state index is 0.272. The number of nitrogen functional groups attached to an aromatic ring is 1. The topological polar surface area (TPSA) is 92.2 Å². The maximum Gasteiger partial charge on any atom is 0.118 e. The summed E-state index contributed by atoms with van der Waals surface area (Å²) < 4.78 is 5.69. The van der Waals surface area contributed by atoms with Gasteiger partial charge < -0.3 is 21.0 Å². The summed E-state index contributed by atoms with van der Waals surface area (Å²) in [6.07, 6.45) is 2.07. The lowest BCUT2D eigenvalue weighted by molar-refractivity contribution is 0.111. The summed E-state index contributed by atoms with van der Waals surface area (Å²) in [6, 6.07) is 9.21. The van der Waals surface area contributed by atoms with Gasteiger partial charge in [0.25, 0.3) is 0 Å². The van der Waals surface area contributed by atoms with Gasteiger partial charge in [0.05, 0.1) is 24.4 Å². The van der Waals surface area contributed by atoms with Crippen LogP contribution in [0.15, 0.2) is 30.3 Å². The lowest BCUT2D eigenvalue weighted by Gasteiger charge is -2.23. The van der Waals surface area contributed by atoms with E-state index < -0.39 is 0 Å². The van der Waals surface area contributed by atoms with Crippen LogP contribution >= 0.6 is 0 Å². The van der Waals surface area contributed by atoms with Crippen molar-refractivity contribution >= 4 is 22.8 Å². The molecule has 2 heterocycles. The van der Waals surface area contributed by atoms with Gasteiger partial charge in [-0.05, 0) is 54.8 Å². The molecule has 1 aliphatic rings. The Hall–Kier alpha value is -2.92. The van der Waals surface area contributed by atoms with E-state index in [9.17, 15) is 5.11 Å². The van der Waals surface area contributed by atoms with Crippen molar-refractivity contribution in [3.05, 3.63) is 52.6 Å². The zero-order valence-corrected chi connectivity index (χ0v) is 14.0. The molecule has 1 aromatic heterocycles. The number of benzene rings is 2. The molecule has 4 N–H and O–H groups in total. The molecule has 0 amide bonds. The summed E-state index contributed by atoms with van der Waals surface area (Å²) in [5, 5.41) is 18.5. The molecule has 0 aliphatic carbocycles. The van der Waals surface area contributed by atoms with Crippen molar-refractivity contribution in [1.29, 1.82) is 5.41 Å². The number of nitrogens with zero attached hydrogens (tertiary/aromatic N) is 1. The highest BCUT2D eigenvalue weighted by Crippen LogP contribution is 2.36. The van der Waals surface area contributed by atoms with Crippen LogP contribution in [0.3, 0.4) is 0 Å². The molecule has 4 rings (SSSR count). The minimum Gasteiger partial charge on any atom is -0.508 e. The number of hydrogen-bond donors (Lipinski definition) is 3. The van der Waals surface area contributed by atoms with Crippen molar-refractivity contribution in [2.75, 3.05) is 12.3 Å². The molecular formula is C20H19N3O2. The number of nitrogens with two attached hydrogens (primary N) is 1. The number of hydrogen-bond acceptors (Lipinski definition) is 5. The fourth-order valence-corrected chi connectivity index (χ4v) is 3.49. The zero-order valence-electron chi connectivity index (χ0n) is 14.0. The monoisotopic (exact) mass is 333 g/mol. The van der Waals surface area contributed by atoms with Gasteiger partial charge >= 0.3 is 0 Å².